The Morgan fingerprint density at radius 2 is 2.12 bits per heavy atom. The summed E-state index contributed by atoms with van der Waals surface area (Å²) in [5.74, 6) is -1.03. The van der Waals surface area contributed by atoms with E-state index in [2.05, 4.69) is 15.9 Å². The van der Waals surface area contributed by atoms with Crippen molar-refractivity contribution in [1.29, 1.82) is 0 Å². The van der Waals surface area contributed by atoms with Gasteiger partial charge in [-0.3, -0.25) is 4.79 Å². The fraction of sp³-hybridized carbons (Fsp3) is 0.167. The van der Waals surface area contributed by atoms with Crippen LogP contribution in [0.15, 0.2) is 30.3 Å². The molecule has 0 bridgehead atoms. The molecule has 0 aromatic heterocycles. The van der Waals surface area contributed by atoms with Gasteiger partial charge in [0.15, 0.2) is 5.78 Å². The normalized spacial score (nSPS) is 12.6. The standard InChI is InChI=1S/C12H11BrO3/c1-8(13)12(16)10-4-2-3-9(7-10)5-6-11(14)15/h2-8H,1H3,(H,14,15)/b6-5+. The molecular formula is C12H11BrO3. The molecule has 0 spiro atoms. The van der Waals surface area contributed by atoms with E-state index in [1.165, 1.54) is 6.08 Å². The Bertz CT molecular complexity index is 436. The van der Waals surface area contributed by atoms with E-state index in [0.717, 1.165) is 6.08 Å². The number of benzene rings is 1. The minimum absolute atomic E-state index is 0.0226. The largest absolute Gasteiger partial charge is 0.478 e. The van der Waals surface area contributed by atoms with Gasteiger partial charge in [0.25, 0.3) is 0 Å². The number of ketones is 1. The lowest BCUT2D eigenvalue weighted by molar-refractivity contribution is -0.131. The van der Waals surface area contributed by atoms with E-state index in [0.29, 0.717) is 11.1 Å². The summed E-state index contributed by atoms with van der Waals surface area (Å²) in [6, 6.07) is 6.84. The van der Waals surface area contributed by atoms with Gasteiger partial charge in [0.05, 0.1) is 4.83 Å². The number of carbonyl (C=O) groups is 2. The maximum Gasteiger partial charge on any atom is 0.328 e. The zero-order valence-electron chi connectivity index (χ0n) is 8.68. The second kappa shape index (κ2) is 5.61. The van der Waals surface area contributed by atoms with Crippen LogP contribution in [0.4, 0.5) is 0 Å². The van der Waals surface area contributed by atoms with E-state index in [1.54, 1.807) is 31.2 Å². The minimum Gasteiger partial charge on any atom is -0.478 e. The summed E-state index contributed by atoms with van der Waals surface area (Å²) in [4.78, 5) is 21.7. The van der Waals surface area contributed by atoms with Gasteiger partial charge in [-0.15, -0.1) is 0 Å². The lowest BCUT2D eigenvalue weighted by atomic mass is 10.1. The molecule has 1 rings (SSSR count). The second-order valence-electron chi connectivity index (χ2n) is 3.28. The lowest BCUT2D eigenvalue weighted by Crippen LogP contribution is -2.09. The summed E-state index contributed by atoms with van der Waals surface area (Å²) in [6.45, 7) is 1.75. The smallest absolute Gasteiger partial charge is 0.328 e. The lowest BCUT2D eigenvalue weighted by Gasteiger charge is -2.03. The summed E-state index contributed by atoms with van der Waals surface area (Å²) < 4.78 is 0. The molecule has 0 fully saturated rings. The molecule has 0 aliphatic rings. The van der Waals surface area contributed by atoms with Gasteiger partial charge in [0.2, 0.25) is 0 Å². The van der Waals surface area contributed by atoms with Crippen LogP contribution in [-0.2, 0) is 4.79 Å². The molecule has 1 aromatic rings. The minimum atomic E-state index is -1.01. The van der Waals surface area contributed by atoms with Crippen LogP contribution in [0.5, 0.6) is 0 Å². The highest BCUT2D eigenvalue weighted by Gasteiger charge is 2.11. The van der Waals surface area contributed by atoms with E-state index in [1.807, 2.05) is 0 Å². The Labute approximate surface area is 102 Å². The van der Waals surface area contributed by atoms with Gasteiger partial charge in [-0.1, -0.05) is 34.1 Å². The number of halogens is 1. The SMILES string of the molecule is CC(Br)C(=O)c1cccc(/C=C/C(=O)O)c1. The number of alkyl halides is 1. The highest BCUT2D eigenvalue weighted by molar-refractivity contribution is 9.10. The number of carboxylic acids is 1. The van der Waals surface area contributed by atoms with Crippen LogP contribution in [0.2, 0.25) is 0 Å². The molecule has 0 radical (unpaired) electrons. The van der Waals surface area contributed by atoms with Gasteiger partial charge in [0.1, 0.15) is 0 Å². The molecule has 1 aromatic carbocycles. The van der Waals surface area contributed by atoms with Crippen molar-refractivity contribution < 1.29 is 14.7 Å². The molecule has 0 saturated heterocycles. The first-order chi connectivity index (χ1) is 7.50. The van der Waals surface area contributed by atoms with Gasteiger partial charge in [-0.05, 0) is 24.6 Å². The first kappa shape index (κ1) is 12.6. The molecule has 0 saturated carbocycles. The zero-order chi connectivity index (χ0) is 12.1. The van der Waals surface area contributed by atoms with Crippen molar-refractivity contribution in [2.75, 3.05) is 0 Å². The predicted molar refractivity (Wildman–Crippen MR) is 65.8 cm³/mol. The quantitative estimate of drug-likeness (QED) is 0.525. The molecule has 4 heteroatoms. The fourth-order valence-electron chi connectivity index (χ4n) is 1.19. The number of hydrogen-bond acceptors (Lipinski definition) is 2. The maximum absolute atomic E-state index is 11.6. The second-order valence-corrected chi connectivity index (χ2v) is 4.65. The van der Waals surface area contributed by atoms with Crippen molar-refractivity contribution in [3.63, 3.8) is 0 Å². The number of aliphatic carboxylic acids is 1. The molecule has 3 nitrogen and oxygen atoms in total. The van der Waals surface area contributed by atoms with Crippen molar-refractivity contribution in [2.24, 2.45) is 0 Å². The zero-order valence-corrected chi connectivity index (χ0v) is 10.3. The summed E-state index contributed by atoms with van der Waals surface area (Å²) in [7, 11) is 0. The molecular weight excluding hydrogens is 272 g/mol. The van der Waals surface area contributed by atoms with Crippen molar-refractivity contribution in [2.45, 2.75) is 11.8 Å². The van der Waals surface area contributed by atoms with Crippen LogP contribution in [0.3, 0.4) is 0 Å². The predicted octanol–water partition coefficient (Wildman–Crippen LogP) is 2.75. The number of carboxylic acid groups (broad SMARTS) is 1. The molecule has 0 heterocycles. The maximum atomic E-state index is 11.6. The summed E-state index contributed by atoms with van der Waals surface area (Å²) in [6.07, 6.45) is 2.50. The Hall–Kier alpha value is -1.42. The molecule has 0 amide bonds. The molecule has 1 atom stereocenters. The van der Waals surface area contributed by atoms with E-state index < -0.39 is 5.97 Å². The van der Waals surface area contributed by atoms with Crippen LogP contribution in [0, 0.1) is 0 Å². The van der Waals surface area contributed by atoms with Crippen LogP contribution >= 0.6 is 15.9 Å². The Morgan fingerprint density at radius 3 is 2.69 bits per heavy atom. The Morgan fingerprint density at radius 1 is 1.44 bits per heavy atom. The average molecular weight is 283 g/mol. The van der Waals surface area contributed by atoms with Gasteiger partial charge in [-0.25, -0.2) is 4.79 Å². The van der Waals surface area contributed by atoms with E-state index in [-0.39, 0.29) is 10.6 Å². The number of carbonyl (C=O) groups excluding carboxylic acids is 1. The first-order valence-electron chi connectivity index (χ1n) is 4.70. The third kappa shape index (κ3) is 3.62. The van der Waals surface area contributed by atoms with Crippen LogP contribution in [0.25, 0.3) is 6.08 Å². The average Bonchev–Trinajstić information content (AvgIpc) is 2.25. The highest BCUT2D eigenvalue weighted by atomic mass is 79.9. The fourth-order valence-corrected chi connectivity index (χ4v) is 1.46. The van der Waals surface area contributed by atoms with Crippen molar-refractivity contribution in [1.82, 2.24) is 0 Å². The molecule has 0 aliphatic carbocycles. The topological polar surface area (TPSA) is 54.4 Å². The highest BCUT2D eigenvalue weighted by Crippen LogP contribution is 2.12. The molecule has 0 aliphatic heterocycles. The van der Waals surface area contributed by atoms with E-state index in [9.17, 15) is 9.59 Å². The Kier molecular flexibility index (Phi) is 4.43. The van der Waals surface area contributed by atoms with Gasteiger partial charge in [-0.2, -0.15) is 0 Å². The van der Waals surface area contributed by atoms with Crippen LogP contribution in [-0.4, -0.2) is 21.7 Å². The molecule has 84 valence electrons. The number of rotatable bonds is 4. The first-order valence-corrected chi connectivity index (χ1v) is 5.61. The molecule has 1 unspecified atom stereocenters. The van der Waals surface area contributed by atoms with Gasteiger partial charge in [0, 0.05) is 11.6 Å². The van der Waals surface area contributed by atoms with Crippen LogP contribution in [0.1, 0.15) is 22.8 Å². The summed E-state index contributed by atoms with van der Waals surface area (Å²) in [5.41, 5.74) is 1.26. The van der Waals surface area contributed by atoms with Gasteiger partial charge >= 0.3 is 5.97 Å². The number of hydrogen-bond donors (Lipinski definition) is 1. The summed E-state index contributed by atoms with van der Waals surface area (Å²) in [5, 5.41) is 8.48. The van der Waals surface area contributed by atoms with Gasteiger partial charge < -0.3 is 5.11 Å². The molecule has 16 heavy (non-hydrogen) atoms. The van der Waals surface area contributed by atoms with Crippen molar-refractivity contribution in [3.8, 4) is 0 Å². The van der Waals surface area contributed by atoms with E-state index in [4.69, 9.17) is 5.11 Å². The monoisotopic (exact) mass is 282 g/mol. The number of Topliss-reactive ketones (excluding diaryl/α,β-unsaturated/α-hetero) is 1. The van der Waals surface area contributed by atoms with E-state index >= 15 is 0 Å². The van der Waals surface area contributed by atoms with Crippen molar-refractivity contribution in [3.05, 3.63) is 41.5 Å². The summed E-state index contributed by atoms with van der Waals surface area (Å²) >= 11 is 3.20. The van der Waals surface area contributed by atoms with Crippen LogP contribution < -0.4 is 0 Å². The molecule has 1 N–H and O–H groups in total. The van der Waals surface area contributed by atoms with Crippen molar-refractivity contribution >= 4 is 33.8 Å². The third-order valence-electron chi connectivity index (χ3n) is 1.95. The Balaban J connectivity index is 2.95. The third-order valence-corrected chi connectivity index (χ3v) is 2.37.